The van der Waals surface area contributed by atoms with Crippen molar-refractivity contribution in [3.8, 4) is 0 Å². The van der Waals surface area contributed by atoms with Crippen molar-refractivity contribution in [1.82, 2.24) is 0 Å². The molecule has 0 amide bonds. The molecule has 1 aliphatic rings. The van der Waals surface area contributed by atoms with Crippen LogP contribution in [-0.4, -0.2) is 21.0 Å². The van der Waals surface area contributed by atoms with E-state index < -0.39 is 0 Å². The van der Waals surface area contributed by atoms with Gasteiger partial charge >= 0.3 is 0 Å². The van der Waals surface area contributed by atoms with Crippen LogP contribution in [0.4, 0.5) is 0 Å². The first-order chi connectivity index (χ1) is 6.41. The second kappa shape index (κ2) is 17.9. The molecule has 0 unspecified atom stereocenters. The number of hydrogen-bond acceptors (Lipinski definition) is 2. The van der Waals surface area contributed by atoms with Crippen molar-refractivity contribution >= 4 is 0 Å². The Kier molecular flexibility index (Phi) is 21.2. The SMILES string of the molecule is CC.COCOC.[CH]1CCCCC1. The molecule has 0 aromatic heterocycles. The van der Waals surface area contributed by atoms with Gasteiger partial charge in [0.1, 0.15) is 6.79 Å². The Morgan fingerprint density at radius 3 is 1.46 bits per heavy atom. The fourth-order valence-electron chi connectivity index (χ4n) is 1.02. The normalized spacial score (nSPS) is 14.8. The Bertz CT molecular complexity index is 47.6. The first-order valence-electron chi connectivity index (χ1n) is 5.21. The van der Waals surface area contributed by atoms with Crippen molar-refractivity contribution in [2.75, 3.05) is 21.0 Å². The highest BCUT2D eigenvalue weighted by Crippen LogP contribution is 2.14. The highest BCUT2D eigenvalue weighted by atomic mass is 16.6. The molecule has 2 heteroatoms. The van der Waals surface area contributed by atoms with Gasteiger partial charge in [-0.1, -0.05) is 46.0 Å². The molecule has 2 nitrogen and oxygen atoms in total. The second-order valence-electron chi connectivity index (χ2n) is 2.62. The van der Waals surface area contributed by atoms with Gasteiger partial charge in [-0.05, 0) is 6.42 Å². The lowest BCUT2D eigenvalue weighted by Gasteiger charge is -2.05. The predicted molar refractivity (Wildman–Crippen MR) is 57.6 cm³/mol. The maximum Gasteiger partial charge on any atom is 0.145 e. The van der Waals surface area contributed by atoms with Gasteiger partial charge in [0.05, 0.1) is 0 Å². The quantitative estimate of drug-likeness (QED) is 0.620. The molecule has 0 bridgehead atoms. The van der Waals surface area contributed by atoms with E-state index in [0.717, 1.165) is 0 Å². The van der Waals surface area contributed by atoms with Gasteiger partial charge in [0, 0.05) is 14.2 Å². The molecule has 81 valence electrons. The lowest BCUT2D eigenvalue weighted by Crippen LogP contribution is -1.87. The van der Waals surface area contributed by atoms with Crippen molar-refractivity contribution in [1.29, 1.82) is 0 Å². The topological polar surface area (TPSA) is 18.5 Å². The van der Waals surface area contributed by atoms with Crippen LogP contribution >= 0.6 is 0 Å². The van der Waals surface area contributed by atoms with Crippen LogP contribution in [0.15, 0.2) is 0 Å². The fourth-order valence-corrected chi connectivity index (χ4v) is 1.02. The van der Waals surface area contributed by atoms with Gasteiger partial charge in [0.2, 0.25) is 0 Å². The Hall–Kier alpha value is -0.0800. The van der Waals surface area contributed by atoms with E-state index in [4.69, 9.17) is 0 Å². The summed E-state index contributed by atoms with van der Waals surface area (Å²) in [5.41, 5.74) is 0. The van der Waals surface area contributed by atoms with Crippen LogP contribution in [0.5, 0.6) is 0 Å². The zero-order valence-electron chi connectivity index (χ0n) is 9.64. The van der Waals surface area contributed by atoms with Crippen molar-refractivity contribution in [3.05, 3.63) is 6.42 Å². The maximum absolute atomic E-state index is 4.47. The standard InChI is InChI=1S/C6H11.C3H8O2.C2H6/c1-2-4-6-5-3-1;1-4-3-5-2;1-2/h1H,2-6H2;3H2,1-2H3;1-2H3. The maximum atomic E-state index is 4.47. The Balaban J connectivity index is 0. The number of methoxy groups -OCH3 is 2. The Morgan fingerprint density at radius 1 is 0.923 bits per heavy atom. The summed E-state index contributed by atoms with van der Waals surface area (Å²) in [5.74, 6) is 0. The summed E-state index contributed by atoms with van der Waals surface area (Å²) < 4.78 is 8.94. The van der Waals surface area contributed by atoms with Crippen LogP contribution in [0.1, 0.15) is 46.0 Å². The Morgan fingerprint density at radius 2 is 1.38 bits per heavy atom. The van der Waals surface area contributed by atoms with Crippen molar-refractivity contribution in [2.45, 2.75) is 46.0 Å². The molecule has 1 radical (unpaired) electrons. The molecule has 0 aliphatic heterocycles. The lowest BCUT2D eigenvalue weighted by atomic mass is 10.0. The molecule has 0 spiro atoms. The summed E-state index contributed by atoms with van der Waals surface area (Å²) in [7, 11) is 3.17. The van der Waals surface area contributed by atoms with E-state index in [0.29, 0.717) is 6.79 Å². The van der Waals surface area contributed by atoms with Gasteiger partial charge in [0.25, 0.3) is 0 Å². The van der Waals surface area contributed by atoms with Crippen LogP contribution in [0.3, 0.4) is 0 Å². The van der Waals surface area contributed by atoms with Crippen molar-refractivity contribution in [2.24, 2.45) is 0 Å². The van der Waals surface area contributed by atoms with Crippen LogP contribution in [0.25, 0.3) is 0 Å². The molecule has 0 heterocycles. The molecular formula is C11H25O2. The average Bonchev–Trinajstić information content (AvgIpc) is 2.25. The molecule has 1 rings (SSSR count). The molecule has 0 atom stereocenters. The van der Waals surface area contributed by atoms with Crippen LogP contribution in [-0.2, 0) is 9.47 Å². The highest BCUT2D eigenvalue weighted by molar-refractivity contribution is 4.69. The van der Waals surface area contributed by atoms with Gasteiger partial charge < -0.3 is 9.47 Å². The van der Waals surface area contributed by atoms with Gasteiger partial charge in [-0.15, -0.1) is 0 Å². The van der Waals surface area contributed by atoms with Crippen molar-refractivity contribution in [3.63, 3.8) is 0 Å². The van der Waals surface area contributed by atoms with E-state index in [1.165, 1.54) is 32.1 Å². The van der Waals surface area contributed by atoms with Gasteiger partial charge in [-0.2, -0.15) is 0 Å². The van der Waals surface area contributed by atoms with E-state index >= 15 is 0 Å². The minimum absolute atomic E-state index is 0.389. The predicted octanol–water partition coefficient (Wildman–Crippen LogP) is 3.42. The molecule has 1 aliphatic carbocycles. The molecule has 0 aromatic rings. The van der Waals surface area contributed by atoms with Crippen LogP contribution in [0, 0.1) is 6.42 Å². The minimum Gasteiger partial charge on any atom is -0.359 e. The molecule has 1 saturated carbocycles. The van der Waals surface area contributed by atoms with Gasteiger partial charge in [-0.25, -0.2) is 0 Å². The lowest BCUT2D eigenvalue weighted by molar-refractivity contribution is -0.00271. The molecule has 0 N–H and O–H groups in total. The summed E-state index contributed by atoms with van der Waals surface area (Å²) in [5, 5.41) is 0. The van der Waals surface area contributed by atoms with E-state index in [1.54, 1.807) is 14.2 Å². The van der Waals surface area contributed by atoms with E-state index in [1.807, 2.05) is 13.8 Å². The zero-order valence-corrected chi connectivity index (χ0v) is 9.64. The highest BCUT2D eigenvalue weighted by Gasteiger charge is 1.95. The molecule has 13 heavy (non-hydrogen) atoms. The molecule has 0 saturated heterocycles. The van der Waals surface area contributed by atoms with E-state index in [9.17, 15) is 0 Å². The van der Waals surface area contributed by atoms with Gasteiger partial charge in [-0.3, -0.25) is 0 Å². The summed E-state index contributed by atoms with van der Waals surface area (Å²) in [6.45, 7) is 4.39. The Labute approximate surface area is 83.6 Å². The first-order valence-corrected chi connectivity index (χ1v) is 5.21. The van der Waals surface area contributed by atoms with Gasteiger partial charge in [0.15, 0.2) is 0 Å². The number of hydrogen-bond donors (Lipinski definition) is 0. The monoisotopic (exact) mass is 189 g/mol. The van der Waals surface area contributed by atoms with E-state index in [-0.39, 0.29) is 0 Å². The number of ether oxygens (including phenoxy) is 2. The molecular weight excluding hydrogens is 164 g/mol. The largest absolute Gasteiger partial charge is 0.359 e. The average molecular weight is 189 g/mol. The first kappa shape index (κ1) is 15.4. The third-order valence-corrected chi connectivity index (χ3v) is 1.55. The number of rotatable bonds is 2. The smallest absolute Gasteiger partial charge is 0.145 e. The summed E-state index contributed by atoms with van der Waals surface area (Å²) in [6.07, 6.45) is 9.50. The van der Waals surface area contributed by atoms with Crippen LogP contribution < -0.4 is 0 Å². The summed E-state index contributed by atoms with van der Waals surface area (Å²) in [4.78, 5) is 0. The molecule has 1 fully saturated rings. The zero-order chi connectivity index (χ0) is 10.4. The summed E-state index contributed by atoms with van der Waals surface area (Å²) in [6, 6.07) is 0. The van der Waals surface area contributed by atoms with Crippen molar-refractivity contribution < 1.29 is 9.47 Å². The van der Waals surface area contributed by atoms with E-state index in [2.05, 4.69) is 15.9 Å². The third kappa shape index (κ3) is 18.7. The third-order valence-electron chi connectivity index (χ3n) is 1.55. The second-order valence-corrected chi connectivity index (χ2v) is 2.62. The minimum atomic E-state index is 0.389. The molecule has 0 aromatic carbocycles. The fraction of sp³-hybridized carbons (Fsp3) is 0.909. The summed E-state index contributed by atoms with van der Waals surface area (Å²) >= 11 is 0. The van der Waals surface area contributed by atoms with Crippen LogP contribution in [0.2, 0.25) is 0 Å².